The van der Waals surface area contributed by atoms with Crippen molar-refractivity contribution in [2.45, 2.75) is 84.2 Å². The molecule has 2 heterocycles. The molecule has 1 aliphatic heterocycles. The Labute approximate surface area is 324 Å². The van der Waals surface area contributed by atoms with Gasteiger partial charge in [-0.25, -0.2) is 0 Å². The van der Waals surface area contributed by atoms with Gasteiger partial charge in [-0.1, -0.05) is 75.2 Å². The number of carboxylic acids is 1. The lowest BCUT2D eigenvalue weighted by Gasteiger charge is -2.40. The molecule has 10 nitrogen and oxygen atoms in total. The van der Waals surface area contributed by atoms with E-state index in [0.717, 1.165) is 41.5 Å². The Balaban J connectivity index is 1.42. The van der Waals surface area contributed by atoms with Crippen LogP contribution >= 0.6 is 11.6 Å². The normalized spacial score (nSPS) is 20.7. The summed E-state index contributed by atoms with van der Waals surface area (Å²) in [5.41, 5.74) is 4.51. The van der Waals surface area contributed by atoms with Crippen LogP contribution < -0.4 is 14.8 Å². The fraction of sp³-hybridized carbons (Fsp3) is 0.465. The first-order valence-electron chi connectivity index (χ1n) is 18.9. The first-order chi connectivity index (χ1) is 26.0. The summed E-state index contributed by atoms with van der Waals surface area (Å²) >= 11 is 6.97. The number of piperidine rings is 1. The number of hydrogen-bond donors (Lipinski definition) is 3. The molecule has 0 amide bonds. The maximum atomic E-state index is 12.2. The van der Waals surface area contributed by atoms with Crippen molar-refractivity contribution < 1.29 is 29.2 Å². The molecule has 4 atom stereocenters. The third-order valence-electron chi connectivity index (χ3n) is 10.6. The van der Waals surface area contributed by atoms with Gasteiger partial charge in [0.2, 0.25) is 0 Å². The zero-order valence-corrected chi connectivity index (χ0v) is 32.5. The zero-order chi connectivity index (χ0) is 38.7. The van der Waals surface area contributed by atoms with Crippen LogP contribution in [0.15, 0.2) is 73.1 Å². The SMILES string of the molecule is Cc1ccccc1C1=CC=CC(COc2cc(OCc3cncc(C#N)c3)c(CN3CCCC[C@H]3C(=O)O)cc2Cl)(OCCCNC(CO)C(C)C)C1C. The fourth-order valence-corrected chi connectivity index (χ4v) is 7.45. The third kappa shape index (κ3) is 10.3. The van der Waals surface area contributed by atoms with E-state index >= 15 is 0 Å². The lowest BCUT2D eigenvalue weighted by Crippen LogP contribution is -2.46. The van der Waals surface area contributed by atoms with Gasteiger partial charge in [0.05, 0.1) is 17.2 Å². The largest absolute Gasteiger partial charge is 0.489 e. The minimum absolute atomic E-state index is 0.0180. The van der Waals surface area contributed by atoms with Gasteiger partial charge in [0.15, 0.2) is 0 Å². The van der Waals surface area contributed by atoms with E-state index in [1.165, 1.54) is 11.8 Å². The molecule has 1 saturated heterocycles. The molecule has 1 fully saturated rings. The van der Waals surface area contributed by atoms with E-state index in [-0.39, 0.29) is 31.8 Å². The van der Waals surface area contributed by atoms with Crippen LogP contribution in [-0.2, 0) is 22.7 Å². The van der Waals surface area contributed by atoms with Gasteiger partial charge < -0.3 is 29.7 Å². The second-order valence-electron chi connectivity index (χ2n) is 14.6. The molecule has 3 aromatic rings. The molecule has 54 heavy (non-hydrogen) atoms. The number of aryl methyl sites for hydroxylation is 1. The number of carbonyl (C=O) groups is 1. The molecule has 288 valence electrons. The number of allylic oxidation sites excluding steroid dienone is 2. The number of carboxylic acid groups (broad SMARTS) is 1. The molecule has 1 aromatic heterocycles. The van der Waals surface area contributed by atoms with E-state index < -0.39 is 17.6 Å². The van der Waals surface area contributed by atoms with Crippen molar-refractivity contribution in [1.82, 2.24) is 15.2 Å². The smallest absolute Gasteiger partial charge is 0.320 e. The predicted octanol–water partition coefficient (Wildman–Crippen LogP) is 7.35. The maximum absolute atomic E-state index is 12.2. The molecule has 2 aromatic carbocycles. The molecule has 11 heteroatoms. The average molecular weight is 757 g/mol. The molecule has 0 radical (unpaired) electrons. The number of aromatic nitrogens is 1. The molecule has 5 rings (SSSR count). The van der Waals surface area contributed by atoms with E-state index in [9.17, 15) is 20.3 Å². The van der Waals surface area contributed by atoms with Crippen LogP contribution in [0.4, 0.5) is 0 Å². The van der Waals surface area contributed by atoms with Gasteiger partial charge in [0.25, 0.3) is 0 Å². The van der Waals surface area contributed by atoms with Crippen molar-refractivity contribution in [3.63, 3.8) is 0 Å². The maximum Gasteiger partial charge on any atom is 0.320 e. The number of nitrogens with zero attached hydrogens (tertiary/aromatic N) is 3. The van der Waals surface area contributed by atoms with E-state index in [0.29, 0.717) is 60.7 Å². The van der Waals surface area contributed by atoms with Gasteiger partial charge in [-0.3, -0.25) is 14.7 Å². The summed E-state index contributed by atoms with van der Waals surface area (Å²) in [5, 5.41) is 32.9. The summed E-state index contributed by atoms with van der Waals surface area (Å²) in [6, 6.07) is 15.2. The number of benzene rings is 2. The second kappa shape index (κ2) is 19.4. The Morgan fingerprint density at radius 3 is 2.72 bits per heavy atom. The van der Waals surface area contributed by atoms with Crippen LogP contribution in [0.1, 0.15) is 74.3 Å². The Morgan fingerprint density at radius 1 is 1.17 bits per heavy atom. The molecule has 1 aliphatic carbocycles. The summed E-state index contributed by atoms with van der Waals surface area (Å²) in [6.45, 7) is 10.9. The van der Waals surface area contributed by atoms with Gasteiger partial charge in [-0.15, -0.1) is 0 Å². The topological polar surface area (TPSA) is 137 Å². The van der Waals surface area contributed by atoms with Crippen molar-refractivity contribution in [3.05, 3.63) is 106 Å². The summed E-state index contributed by atoms with van der Waals surface area (Å²) < 4.78 is 19.8. The van der Waals surface area contributed by atoms with Gasteiger partial charge in [0, 0.05) is 54.7 Å². The Bertz CT molecular complexity index is 1840. The number of ether oxygens (including phenoxy) is 3. The lowest BCUT2D eigenvalue weighted by molar-refractivity contribution is -0.144. The van der Waals surface area contributed by atoms with Crippen molar-refractivity contribution in [3.8, 4) is 17.6 Å². The van der Waals surface area contributed by atoms with Gasteiger partial charge >= 0.3 is 5.97 Å². The summed E-state index contributed by atoms with van der Waals surface area (Å²) in [7, 11) is 0. The fourth-order valence-electron chi connectivity index (χ4n) is 7.21. The monoisotopic (exact) mass is 756 g/mol. The Morgan fingerprint density at radius 2 is 1.98 bits per heavy atom. The van der Waals surface area contributed by atoms with Crippen molar-refractivity contribution in [2.75, 3.05) is 32.9 Å². The number of aliphatic hydroxyl groups is 1. The zero-order valence-electron chi connectivity index (χ0n) is 31.8. The molecular formula is C43H53ClN4O6. The number of pyridine rings is 1. The number of nitriles is 1. The second-order valence-corrected chi connectivity index (χ2v) is 15.1. The highest BCUT2D eigenvalue weighted by atomic mass is 35.5. The van der Waals surface area contributed by atoms with Crippen LogP contribution in [0.5, 0.6) is 11.5 Å². The molecule has 0 bridgehead atoms. The lowest BCUT2D eigenvalue weighted by atomic mass is 9.76. The number of aliphatic carboxylic acids is 1. The van der Waals surface area contributed by atoms with E-state index in [1.54, 1.807) is 24.4 Å². The summed E-state index contributed by atoms with van der Waals surface area (Å²) in [4.78, 5) is 18.3. The van der Waals surface area contributed by atoms with Crippen molar-refractivity contribution >= 4 is 23.1 Å². The van der Waals surface area contributed by atoms with Crippen molar-refractivity contribution in [2.24, 2.45) is 11.8 Å². The molecule has 3 unspecified atom stereocenters. The third-order valence-corrected chi connectivity index (χ3v) is 10.9. The Hall–Kier alpha value is -4.24. The number of nitrogens with one attached hydrogen (secondary N) is 1. The van der Waals surface area contributed by atoms with E-state index in [2.05, 4.69) is 68.3 Å². The minimum Gasteiger partial charge on any atom is -0.489 e. The first-order valence-corrected chi connectivity index (χ1v) is 19.3. The first kappa shape index (κ1) is 40.9. The van der Waals surface area contributed by atoms with Gasteiger partial charge in [-0.05, 0) is 80.1 Å². The predicted molar refractivity (Wildman–Crippen MR) is 210 cm³/mol. The highest BCUT2D eigenvalue weighted by Gasteiger charge is 2.40. The van der Waals surface area contributed by atoms with Crippen LogP contribution in [-0.4, -0.2) is 76.7 Å². The Kier molecular flexibility index (Phi) is 14.7. The quantitative estimate of drug-likeness (QED) is 0.113. The number of rotatable bonds is 18. The molecule has 0 saturated carbocycles. The van der Waals surface area contributed by atoms with Crippen LogP contribution in [0.2, 0.25) is 5.02 Å². The molecule has 2 aliphatic rings. The number of halogens is 1. The molecule has 3 N–H and O–H groups in total. The average Bonchev–Trinajstić information content (AvgIpc) is 3.16. The van der Waals surface area contributed by atoms with E-state index in [1.807, 2.05) is 23.1 Å². The van der Waals surface area contributed by atoms with Crippen LogP contribution in [0.3, 0.4) is 0 Å². The highest BCUT2D eigenvalue weighted by Crippen LogP contribution is 2.42. The standard InChI is InChI=1S/C43H53ClN4O6/c1-29(2)38(26-49)47-16-10-18-54-43(15-9-13-36(31(43)4)35-12-6-5-11-30(35)3)28-53-41-21-40(52-27-33-19-32(22-45)23-46-24-33)34(20-37(41)44)25-48-17-8-7-14-39(48)42(50)51/h5-6,9,11-13,15,19-21,23-24,29,31,38-39,47,49H,7-8,10,14,16-18,25-28H2,1-4H3,(H,50,51)/t31?,38?,39-,43?/m0/s1. The van der Waals surface area contributed by atoms with Gasteiger partial charge in [-0.2, -0.15) is 5.26 Å². The minimum atomic E-state index is -0.842. The molecular weight excluding hydrogens is 704 g/mol. The number of hydrogen-bond acceptors (Lipinski definition) is 9. The number of aliphatic hydroxyl groups excluding tert-OH is 1. The summed E-state index contributed by atoms with van der Waals surface area (Å²) in [5.74, 6) is 0.293. The number of likely N-dealkylation sites (tertiary alicyclic amines) is 1. The van der Waals surface area contributed by atoms with Gasteiger partial charge in [0.1, 0.15) is 42.4 Å². The molecule has 0 spiro atoms. The van der Waals surface area contributed by atoms with Crippen LogP contribution in [0, 0.1) is 30.1 Å². The van der Waals surface area contributed by atoms with Crippen LogP contribution in [0.25, 0.3) is 5.57 Å². The van der Waals surface area contributed by atoms with E-state index in [4.69, 9.17) is 25.8 Å². The summed E-state index contributed by atoms with van der Waals surface area (Å²) in [6.07, 6.45) is 12.5. The highest BCUT2D eigenvalue weighted by molar-refractivity contribution is 6.32. The van der Waals surface area contributed by atoms with Crippen molar-refractivity contribution in [1.29, 1.82) is 5.26 Å².